The fourth-order valence-corrected chi connectivity index (χ4v) is 5.35. The van der Waals surface area contributed by atoms with Crippen LogP contribution in [0.15, 0.2) is 72.2 Å². The molecule has 0 saturated carbocycles. The van der Waals surface area contributed by atoms with Gasteiger partial charge in [0.15, 0.2) is 10.6 Å². The minimum Gasteiger partial charge on any atom is -0.361 e. The number of para-hydroxylation sites is 1. The second kappa shape index (κ2) is 9.79. The van der Waals surface area contributed by atoms with Crippen LogP contribution in [0, 0.1) is 11.7 Å². The Morgan fingerprint density at radius 3 is 2.88 bits per heavy atom. The number of nitrogens with one attached hydrogen (secondary N) is 3. The second-order valence-corrected chi connectivity index (χ2v) is 9.65. The molecule has 172 valence electrons. The zero-order valence-electron chi connectivity index (χ0n) is 18.7. The molecular weight excluding hydrogens is 462 g/mol. The average Bonchev–Trinajstić information content (AvgIpc) is 3.59. The van der Waals surface area contributed by atoms with Gasteiger partial charge in [0.1, 0.15) is 0 Å². The number of aromatic amines is 2. The predicted molar refractivity (Wildman–Crippen MR) is 140 cm³/mol. The minimum absolute atomic E-state index is 0.0142. The van der Waals surface area contributed by atoms with Crippen molar-refractivity contribution in [2.75, 3.05) is 6.54 Å². The smallest absolute Gasteiger partial charge is 0.221 e. The van der Waals surface area contributed by atoms with Crippen LogP contribution in [0.3, 0.4) is 0 Å². The van der Waals surface area contributed by atoms with Crippen molar-refractivity contribution >= 4 is 40.4 Å². The number of rotatable bonds is 8. The Labute approximate surface area is 206 Å². The summed E-state index contributed by atoms with van der Waals surface area (Å²) in [6.07, 6.45) is 2.37. The Hall–Kier alpha value is -3.49. The number of aryl methyl sites for hydroxylation is 1. The van der Waals surface area contributed by atoms with Gasteiger partial charge in [0.05, 0.1) is 0 Å². The first-order valence-electron chi connectivity index (χ1n) is 11.2. The summed E-state index contributed by atoms with van der Waals surface area (Å²) in [7, 11) is 0. The number of amides is 1. The van der Waals surface area contributed by atoms with E-state index in [0.29, 0.717) is 24.3 Å². The Morgan fingerprint density at radius 1 is 1.18 bits per heavy atom. The van der Waals surface area contributed by atoms with Crippen LogP contribution in [0.25, 0.3) is 22.3 Å². The van der Waals surface area contributed by atoms with E-state index in [9.17, 15) is 4.79 Å². The van der Waals surface area contributed by atoms with Crippen LogP contribution < -0.4 is 5.32 Å². The van der Waals surface area contributed by atoms with Crippen LogP contribution in [0.5, 0.6) is 0 Å². The summed E-state index contributed by atoms with van der Waals surface area (Å²) >= 11 is 7.14. The first-order chi connectivity index (χ1) is 16.6. The highest BCUT2D eigenvalue weighted by Gasteiger charge is 2.20. The number of fused-ring (bicyclic) bond motifs is 1. The molecule has 0 bridgehead atoms. The number of carbonyl (C=O) groups is 1. The van der Waals surface area contributed by atoms with Gasteiger partial charge in [-0.2, -0.15) is 5.10 Å². The van der Waals surface area contributed by atoms with Crippen molar-refractivity contribution in [2.24, 2.45) is 0 Å². The molecule has 8 heteroatoms. The lowest BCUT2D eigenvalue weighted by atomic mass is 9.96. The van der Waals surface area contributed by atoms with Gasteiger partial charge in [-0.3, -0.25) is 14.5 Å². The topological polar surface area (TPSA) is 78.5 Å². The number of aromatic nitrogens is 4. The lowest BCUT2D eigenvalue weighted by Crippen LogP contribution is -2.29. The van der Waals surface area contributed by atoms with Gasteiger partial charge >= 0.3 is 0 Å². The molecule has 0 aliphatic heterocycles. The summed E-state index contributed by atoms with van der Waals surface area (Å²) in [5, 5.41) is 13.7. The largest absolute Gasteiger partial charge is 0.361 e. The number of nitrogens with zero attached hydrogens (tertiary/aromatic N) is 2. The van der Waals surface area contributed by atoms with Crippen molar-refractivity contribution < 1.29 is 4.79 Å². The Kier molecular flexibility index (Phi) is 6.42. The zero-order valence-corrected chi connectivity index (χ0v) is 20.4. The van der Waals surface area contributed by atoms with Gasteiger partial charge in [-0.1, -0.05) is 48.0 Å². The summed E-state index contributed by atoms with van der Waals surface area (Å²) in [6.45, 7) is 3.03. The molecular formula is C26H25N5OS2. The molecule has 1 amide bonds. The van der Waals surface area contributed by atoms with E-state index in [4.69, 9.17) is 12.2 Å². The number of thiophene rings is 1. The summed E-state index contributed by atoms with van der Waals surface area (Å²) in [5.41, 5.74) is 4.41. The molecule has 0 aliphatic carbocycles. The van der Waals surface area contributed by atoms with Crippen LogP contribution >= 0.6 is 23.6 Å². The maximum absolute atomic E-state index is 12.9. The zero-order chi connectivity index (χ0) is 23.5. The van der Waals surface area contributed by atoms with Gasteiger partial charge in [-0.15, -0.1) is 11.3 Å². The standard InChI is InChI=1S/C26H25N5OS2/c1-17-6-4-7-18(14-17)25-29-30-26(33)31(25)12-11-24(32)28-16-21(23-10-5-13-34-23)20-15-27-22-9-3-2-8-19(20)22/h2-10,13-15,21,27H,11-12,16H2,1H3,(H,28,32)(H,30,33). The molecule has 0 saturated heterocycles. The molecule has 0 spiro atoms. The van der Waals surface area contributed by atoms with Gasteiger partial charge in [0.25, 0.3) is 0 Å². The number of carbonyl (C=O) groups excluding carboxylic acids is 1. The summed E-state index contributed by atoms with van der Waals surface area (Å²) in [6, 6.07) is 20.5. The van der Waals surface area contributed by atoms with Gasteiger partial charge in [-0.05, 0) is 48.3 Å². The van der Waals surface area contributed by atoms with Gasteiger partial charge in [0.2, 0.25) is 5.91 Å². The normalized spacial score (nSPS) is 12.1. The van der Waals surface area contributed by atoms with Crippen molar-refractivity contribution in [3.8, 4) is 11.4 Å². The maximum atomic E-state index is 12.9. The quantitative estimate of drug-likeness (QED) is 0.242. The number of hydrogen-bond acceptors (Lipinski definition) is 4. The van der Waals surface area contributed by atoms with Crippen LogP contribution in [-0.2, 0) is 11.3 Å². The molecule has 3 aromatic heterocycles. The van der Waals surface area contributed by atoms with Crippen LogP contribution in [-0.4, -0.2) is 32.2 Å². The lowest BCUT2D eigenvalue weighted by Gasteiger charge is -2.16. The third-order valence-electron chi connectivity index (χ3n) is 5.98. The van der Waals surface area contributed by atoms with E-state index in [1.165, 1.54) is 15.8 Å². The van der Waals surface area contributed by atoms with Crippen LogP contribution in [0.2, 0.25) is 0 Å². The average molecular weight is 488 g/mol. The van der Waals surface area contributed by atoms with E-state index in [1.54, 1.807) is 11.3 Å². The van der Waals surface area contributed by atoms with E-state index < -0.39 is 0 Å². The van der Waals surface area contributed by atoms with Crippen molar-refractivity contribution in [3.63, 3.8) is 0 Å². The first kappa shape index (κ1) is 22.3. The second-order valence-electron chi connectivity index (χ2n) is 8.29. The number of hydrogen-bond donors (Lipinski definition) is 3. The predicted octanol–water partition coefficient (Wildman–Crippen LogP) is 5.80. The van der Waals surface area contributed by atoms with Crippen molar-refractivity contribution in [1.29, 1.82) is 0 Å². The molecule has 2 aromatic carbocycles. The SMILES string of the molecule is Cc1cccc(-c2n[nH]c(=S)n2CCC(=O)NCC(c2cccs2)c2c[nH]c3ccccc23)c1. The molecule has 5 aromatic rings. The fraction of sp³-hybridized carbons (Fsp3) is 0.192. The molecule has 3 N–H and O–H groups in total. The molecule has 6 nitrogen and oxygen atoms in total. The number of benzene rings is 2. The molecule has 34 heavy (non-hydrogen) atoms. The lowest BCUT2D eigenvalue weighted by molar-refractivity contribution is -0.121. The van der Waals surface area contributed by atoms with Gasteiger partial charge in [-0.25, -0.2) is 0 Å². The van der Waals surface area contributed by atoms with E-state index in [1.807, 2.05) is 41.8 Å². The molecule has 1 unspecified atom stereocenters. The Balaban J connectivity index is 1.30. The maximum Gasteiger partial charge on any atom is 0.221 e. The summed E-state index contributed by atoms with van der Waals surface area (Å²) in [4.78, 5) is 17.5. The van der Waals surface area contributed by atoms with Gasteiger partial charge in [0, 0.05) is 53.0 Å². The van der Waals surface area contributed by atoms with E-state index >= 15 is 0 Å². The third-order valence-corrected chi connectivity index (χ3v) is 7.28. The molecule has 0 radical (unpaired) electrons. The van der Waals surface area contributed by atoms with E-state index in [-0.39, 0.29) is 11.8 Å². The Morgan fingerprint density at radius 2 is 2.06 bits per heavy atom. The number of H-pyrrole nitrogens is 2. The highest BCUT2D eigenvalue weighted by atomic mass is 32.1. The Bertz CT molecular complexity index is 1480. The summed E-state index contributed by atoms with van der Waals surface area (Å²) < 4.78 is 2.40. The molecule has 1 atom stereocenters. The third kappa shape index (κ3) is 4.60. The monoisotopic (exact) mass is 487 g/mol. The summed E-state index contributed by atoms with van der Waals surface area (Å²) in [5.74, 6) is 0.815. The minimum atomic E-state index is -0.0142. The van der Waals surface area contributed by atoms with Crippen molar-refractivity contribution in [1.82, 2.24) is 25.1 Å². The molecule has 0 aliphatic rings. The fourth-order valence-electron chi connectivity index (χ4n) is 4.28. The highest BCUT2D eigenvalue weighted by Crippen LogP contribution is 2.32. The van der Waals surface area contributed by atoms with E-state index in [0.717, 1.165) is 22.5 Å². The molecule has 3 heterocycles. The van der Waals surface area contributed by atoms with Gasteiger partial charge < -0.3 is 10.3 Å². The first-order valence-corrected chi connectivity index (χ1v) is 12.5. The van der Waals surface area contributed by atoms with Crippen molar-refractivity contribution in [2.45, 2.75) is 25.8 Å². The van der Waals surface area contributed by atoms with E-state index in [2.05, 4.69) is 62.4 Å². The molecule has 5 rings (SSSR count). The highest BCUT2D eigenvalue weighted by molar-refractivity contribution is 7.71. The molecule has 0 fully saturated rings. The van der Waals surface area contributed by atoms with Crippen LogP contribution in [0.4, 0.5) is 0 Å². The van der Waals surface area contributed by atoms with Crippen molar-refractivity contribution in [3.05, 3.63) is 93.0 Å². The van der Waals surface area contributed by atoms with Crippen LogP contribution in [0.1, 0.15) is 28.3 Å².